The zero-order valence-electron chi connectivity index (χ0n) is 18.7. The lowest BCUT2D eigenvalue weighted by Crippen LogP contribution is -2.27. The van der Waals surface area contributed by atoms with Crippen molar-refractivity contribution in [1.29, 1.82) is 0 Å². The Morgan fingerprint density at radius 2 is 1.15 bits per heavy atom. The summed E-state index contributed by atoms with van der Waals surface area (Å²) >= 11 is 0. The molecule has 6 heteroatoms. The molecule has 0 spiro atoms. The second-order valence-corrected chi connectivity index (χ2v) is 10.0. The minimum absolute atomic E-state index is 0.286. The summed E-state index contributed by atoms with van der Waals surface area (Å²) in [5.41, 5.74) is -0.347. The van der Waals surface area contributed by atoms with Gasteiger partial charge in [-0.15, -0.1) is 0 Å². The molecule has 0 saturated heterocycles. The van der Waals surface area contributed by atoms with E-state index in [9.17, 15) is 13.6 Å². The molecule has 0 aromatic heterocycles. The predicted molar refractivity (Wildman–Crippen MR) is 128 cm³/mol. The van der Waals surface area contributed by atoms with Crippen LogP contribution in [0.15, 0.2) is 118 Å². The molecule has 0 amide bonds. The molecule has 0 bridgehead atoms. The van der Waals surface area contributed by atoms with Crippen molar-refractivity contribution in [1.82, 2.24) is 0 Å². The molecule has 1 atom stereocenters. The fraction of sp³-hybridized carbons (Fsp3) is 0.107. The van der Waals surface area contributed by atoms with Crippen molar-refractivity contribution < 1.29 is 23.0 Å². The highest BCUT2D eigenvalue weighted by Crippen LogP contribution is 2.32. The van der Waals surface area contributed by atoms with Crippen LogP contribution in [-0.4, -0.2) is 6.16 Å². The quantitative estimate of drug-likeness (QED) is 0.164. The maximum Gasteiger partial charge on any atom is 0.514 e. The fourth-order valence-electron chi connectivity index (χ4n) is 3.41. The Labute approximate surface area is 200 Å². The van der Waals surface area contributed by atoms with Crippen molar-refractivity contribution in [3.63, 3.8) is 0 Å². The zero-order valence-corrected chi connectivity index (χ0v) is 19.5. The summed E-state index contributed by atoms with van der Waals surface area (Å²) in [6, 6.07) is 29.4. The van der Waals surface area contributed by atoms with Gasteiger partial charge in [-0.3, -0.25) is 0 Å². The van der Waals surface area contributed by atoms with Crippen molar-refractivity contribution in [2.75, 3.05) is 0 Å². The number of halogens is 2. The highest BCUT2D eigenvalue weighted by Gasteiger charge is 2.29. The van der Waals surface area contributed by atoms with Crippen LogP contribution in [0.4, 0.5) is 13.6 Å². The van der Waals surface area contributed by atoms with Crippen LogP contribution in [0.5, 0.6) is 5.75 Å². The minimum Gasteiger partial charge on any atom is -0.423 e. The molecule has 4 rings (SSSR count). The number of ether oxygens (including phenoxy) is 2. The van der Waals surface area contributed by atoms with Gasteiger partial charge in [0.25, 0.3) is 0 Å². The van der Waals surface area contributed by atoms with E-state index in [0.29, 0.717) is 11.3 Å². The first kappa shape index (κ1) is 23.5. The van der Waals surface area contributed by atoms with Crippen LogP contribution in [0.25, 0.3) is 0 Å². The third kappa shape index (κ3) is 5.64. The number of rotatable bonds is 6. The average Bonchev–Trinajstić information content (AvgIpc) is 2.82. The van der Waals surface area contributed by atoms with E-state index in [4.69, 9.17) is 9.47 Å². The van der Waals surface area contributed by atoms with Crippen LogP contribution in [-0.2, 0) is 21.2 Å². The lowest BCUT2D eigenvalue weighted by molar-refractivity contribution is 0.00633. The van der Waals surface area contributed by atoms with E-state index in [0.717, 1.165) is 14.7 Å². The lowest BCUT2D eigenvalue weighted by atomic mass is 9.98. The van der Waals surface area contributed by atoms with Crippen LogP contribution in [0.3, 0.4) is 0 Å². The predicted octanol–water partition coefficient (Wildman–Crippen LogP) is 7.51. The highest BCUT2D eigenvalue weighted by molar-refractivity contribution is 7.97. The summed E-state index contributed by atoms with van der Waals surface area (Å²) in [5.74, 6) is -0.317. The third-order valence-electron chi connectivity index (χ3n) is 5.17. The molecule has 0 N–H and O–H groups in total. The van der Waals surface area contributed by atoms with Gasteiger partial charge in [0.1, 0.15) is 23.0 Å². The third-order valence-corrected chi connectivity index (χ3v) is 7.40. The number of hydrogen-bond donors (Lipinski definition) is 0. The summed E-state index contributed by atoms with van der Waals surface area (Å²) in [6.07, 6.45) is -0.859. The van der Waals surface area contributed by atoms with Gasteiger partial charge in [0.15, 0.2) is 14.7 Å². The lowest BCUT2D eigenvalue weighted by Gasteiger charge is -2.24. The Kier molecular flexibility index (Phi) is 6.98. The Morgan fingerprint density at radius 1 is 0.676 bits per heavy atom. The van der Waals surface area contributed by atoms with Gasteiger partial charge in [0.05, 0.1) is 10.9 Å². The first-order valence-corrected chi connectivity index (χ1v) is 11.9. The van der Waals surface area contributed by atoms with E-state index in [2.05, 4.69) is 0 Å². The maximum atomic E-state index is 13.5. The Bertz CT molecular complexity index is 1240. The Morgan fingerprint density at radius 3 is 1.71 bits per heavy atom. The van der Waals surface area contributed by atoms with Crippen molar-refractivity contribution in [3.8, 4) is 5.75 Å². The minimum atomic E-state index is -0.993. The van der Waals surface area contributed by atoms with Gasteiger partial charge >= 0.3 is 6.16 Å². The molecule has 3 nitrogen and oxygen atoms in total. The number of benzene rings is 4. The second kappa shape index (κ2) is 10.1. The van der Waals surface area contributed by atoms with E-state index in [-0.39, 0.29) is 11.6 Å². The van der Waals surface area contributed by atoms with Crippen LogP contribution in [0.1, 0.15) is 19.4 Å². The molecular weight excluding hydrogens is 454 g/mol. The van der Waals surface area contributed by atoms with Crippen LogP contribution in [0, 0.1) is 11.6 Å². The van der Waals surface area contributed by atoms with Gasteiger partial charge in [-0.05, 0) is 92.2 Å². The van der Waals surface area contributed by atoms with E-state index in [1.807, 2.05) is 42.5 Å². The molecule has 0 aliphatic rings. The standard InChI is InChI=1S/C28H23F2O3S/c1-28(2,20-8-10-21(29)11-9-20)33-27(31)32-23-14-18-26(19-15-23)34(24-6-4-3-5-7-24)25-16-12-22(30)13-17-25/h3-19H,1-2H3/q+1. The monoisotopic (exact) mass is 477 g/mol. The molecule has 0 saturated carbocycles. The van der Waals surface area contributed by atoms with E-state index in [1.54, 1.807) is 50.2 Å². The topological polar surface area (TPSA) is 35.5 Å². The molecular formula is C28H23F2O3S+. The molecule has 0 aliphatic carbocycles. The summed E-state index contributed by atoms with van der Waals surface area (Å²) < 4.78 is 37.6. The number of carbonyl (C=O) groups excluding carboxylic acids is 1. The molecule has 4 aromatic rings. The van der Waals surface area contributed by atoms with E-state index in [1.165, 1.54) is 24.3 Å². The molecule has 1 unspecified atom stereocenters. The first-order valence-electron chi connectivity index (χ1n) is 10.6. The number of carbonyl (C=O) groups is 1. The summed E-state index contributed by atoms with van der Waals surface area (Å²) in [6.45, 7) is 3.41. The van der Waals surface area contributed by atoms with Crippen LogP contribution < -0.4 is 4.74 Å². The van der Waals surface area contributed by atoms with Crippen molar-refractivity contribution in [2.24, 2.45) is 0 Å². The summed E-state index contributed by atoms with van der Waals surface area (Å²) in [4.78, 5) is 15.5. The van der Waals surface area contributed by atoms with Gasteiger partial charge in [0, 0.05) is 0 Å². The van der Waals surface area contributed by atoms with Crippen molar-refractivity contribution in [2.45, 2.75) is 34.1 Å². The van der Waals surface area contributed by atoms with Crippen LogP contribution >= 0.6 is 0 Å². The first-order chi connectivity index (χ1) is 16.3. The van der Waals surface area contributed by atoms with E-state index < -0.39 is 22.7 Å². The Hall–Kier alpha value is -3.64. The largest absolute Gasteiger partial charge is 0.514 e. The van der Waals surface area contributed by atoms with Gasteiger partial charge in [-0.25, -0.2) is 13.6 Å². The number of hydrogen-bond acceptors (Lipinski definition) is 3. The maximum absolute atomic E-state index is 13.5. The molecule has 0 radical (unpaired) electrons. The normalized spacial score (nSPS) is 12.1. The fourth-order valence-corrected chi connectivity index (χ4v) is 5.48. The highest BCUT2D eigenvalue weighted by atomic mass is 32.2. The van der Waals surface area contributed by atoms with Gasteiger partial charge in [-0.2, -0.15) is 0 Å². The van der Waals surface area contributed by atoms with E-state index >= 15 is 0 Å². The van der Waals surface area contributed by atoms with Crippen molar-refractivity contribution in [3.05, 3.63) is 120 Å². The molecule has 0 fully saturated rings. The van der Waals surface area contributed by atoms with Gasteiger partial charge < -0.3 is 9.47 Å². The molecule has 4 aromatic carbocycles. The summed E-state index contributed by atoms with van der Waals surface area (Å²) in [7, 11) is -0.456. The molecule has 172 valence electrons. The molecule has 34 heavy (non-hydrogen) atoms. The van der Waals surface area contributed by atoms with Gasteiger partial charge in [0.2, 0.25) is 0 Å². The second-order valence-electron chi connectivity index (χ2n) is 8.02. The molecule has 0 aliphatic heterocycles. The summed E-state index contributed by atoms with van der Waals surface area (Å²) in [5, 5.41) is 0. The SMILES string of the molecule is CC(C)(OC(=O)Oc1ccc([S+](c2ccccc2)c2ccc(F)cc2)cc1)c1ccc(F)cc1. The average molecular weight is 478 g/mol. The molecule has 0 heterocycles. The van der Waals surface area contributed by atoms with Gasteiger partial charge in [-0.1, -0.05) is 30.3 Å². The smallest absolute Gasteiger partial charge is 0.423 e. The Balaban J connectivity index is 1.51. The zero-order chi connectivity index (χ0) is 24.1. The van der Waals surface area contributed by atoms with Crippen LogP contribution in [0.2, 0.25) is 0 Å². The van der Waals surface area contributed by atoms with Crippen molar-refractivity contribution >= 4 is 17.1 Å².